The van der Waals surface area contributed by atoms with E-state index in [4.69, 9.17) is 18.6 Å². The molecular weight excluding hydrogens is 438 g/mol. The molecule has 0 aliphatic carbocycles. The lowest BCUT2D eigenvalue weighted by molar-refractivity contribution is -0.138. The molecule has 1 heterocycles. The average molecular weight is 468 g/mol. The summed E-state index contributed by atoms with van der Waals surface area (Å²) in [7, 11) is 0. The molecule has 0 radical (unpaired) electrons. The van der Waals surface area contributed by atoms with E-state index in [1.54, 1.807) is 45.0 Å². The highest BCUT2D eigenvalue weighted by Gasteiger charge is 2.30. The molecule has 0 saturated carbocycles. The van der Waals surface area contributed by atoms with Crippen molar-refractivity contribution < 1.29 is 28.2 Å². The molecule has 0 saturated heterocycles. The average Bonchev–Trinajstić information content (AvgIpc) is 2.78. The fourth-order valence-electron chi connectivity index (χ4n) is 3.12. The molecule has 8 nitrogen and oxygen atoms in total. The van der Waals surface area contributed by atoms with Crippen LogP contribution in [0.25, 0.3) is 11.0 Å². The van der Waals surface area contributed by atoms with Crippen LogP contribution in [-0.2, 0) is 9.53 Å². The van der Waals surface area contributed by atoms with Crippen LogP contribution in [0.5, 0.6) is 17.2 Å². The summed E-state index contributed by atoms with van der Waals surface area (Å²) in [5.74, 6) is -0.117. The molecule has 0 unspecified atom stereocenters. The predicted octanol–water partition coefficient (Wildman–Crippen LogP) is 5.43. The third-order valence-corrected chi connectivity index (χ3v) is 5.04. The van der Waals surface area contributed by atoms with Gasteiger partial charge < -0.3 is 23.9 Å². The zero-order valence-electron chi connectivity index (χ0n) is 19.9. The first-order valence-corrected chi connectivity index (χ1v) is 11.1. The maximum absolute atomic E-state index is 12.9. The summed E-state index contributed by atoms with van der Waals surface area (Å²) < 4.78 is 21.9. The van der Waals surface area contributed by atoms with Gasteiger partial charge in [-0.25, -0.2) is 9.59 Å². The van der Waals surface area contributed by atoms with Crippen molar-refractivity contribution in [2.45, 2.75) is 52.7 Å². The normalized spacial score (nSPS) is 13.1. The van der Waals surface area contributed by atoms with Crippen molar-refractivity contribution in [2.75, 3.05) is 0 Å². The van der Waals surface area contributed by atoms with Crippen LogP contribution in [0.15, 0.2) is 64.0 Å². The Morgan fingerprint density at radius 2 is 1.76 bits per heavy atom. The van der Waals surface area contributed by atoms with Crippen LogP contribution in [0.3, 0.4) is 0 Å². The number of para-hydroxylation sites is 1. The lowest BCUT2D eigenvalue weighted by Crippen LogP contribution is -2.48. The molecule has 8 heteroatoms. The number of benzene rings is 2. The van der Waals surface area contributed by atoms with E-state index in [0.717, 1.165) is 0 Å². The van der Waals surface area contributed by atoms with Gasteiger partial charge in [0.05, 0.1) is 5.39 Å². The summed E-state index contributed by atoms with van der Waals surface area (Å²) in [5.41, 5.74) is -0.824. The third kappa shape index (κ3) is 6.37. The largest absolute Gasteiger partial charge is 0.460 e. The highest BCUT2D eigenvalue weighted by Crippen LogP contribution is 2.24. The van der Waals surface area contributed by atoms with Crippen LogP contribution in [0.2, 0.25) is 0 Å². The summed E-state index contributed by atoms with van der Waals surface area (Å²) in [6, 6.07) is 12.4. The minimum Gasteiger partial charge on any atom is -0.460 e. The highest BCUT2D eigenvalue weighted by atomic mass is 16.6. The SMILES string of the molecule is CC[C@H](C)[C@@H](NC(=O)OC(C)(C)C)C(=O)Oc1ccc2c(=O)c(Oc3ccccc3)coc2c1. The first kappa shape index (κ1) is 24.8. The maximum atomic E-state index is 12.9. The molecule has 2 atom stereocenters. The molecule has 0 aliphatic rings. The molecule has 0 fully saturated rings. The minimum absolute atomic E-state index is 0.0434. The van der Waals surface area contributed by atoms with E-state index in [1.165, 1.54) is 24.5 Å². The van der Waals surface area contributed by atoms with Crippen molar-refractivity contribution in [3.05, 3.63) is 65.0 Å². The van der Waals surface area contributed by atoms with Crippen LogP contribution in [0.4, 0.5) is 4.79 Å². The third-order valence-electron chi connectivity index (χ3n) is 5.04. The number of fused-ring (bicyclic) bond motifs is 1. The number of carbonyl (C=O) groups excluding carboxylic acids is 2. The summed E-state index contributed by atoms with van der Waals surface area (Å²) in [5, 5.41) is 2.87. The van der Waals surface area contributed by atoms with Gasteiger partial charge in [0.2, 0.25) is 11.2 Å². The number of nitrogens with one attached hydrogen (secondary N) is 1. The monoisotopic (exact) mass is 467 g/mol. The molecule has 0 spiro atoms. The van der Waals surface area contributed by atoms with E-state index < -0.39 is 23.7 Å². The fourth-order valence-corrected chi connectivity index (χ4v) is 3.12. The van der Waals surface area contributed by atoms with Gasteiger partial charge >= 0.3 is 12.1 Å². The molecule has 3 aromatic rings. The van der Waals surface area contributed by atoms with Crippen molar-refractivity contribution >= 4 is 23.0 Å². The Morgan fingerprint density at radius 1 is 1.06 bits per heavy atom. The molecule has 0 aliphatic heterocycles. The zero-order valence-corrected chi connectivity index (χ0v) is 19.9. The molecule has 1 amide bonds. The van der Waals surface area contributed by atoms with E-state index >= 15 is 0 Å². The Hall–Kier alpha value is -3.81. The number of hydrogen-bond acceptors (Lipinski definition) is 7. The lowest BCUT2D eigenvalue weighted by Gasteiger charge is -2.25. The maximum Gasteiger partial charge on any atom is 0.408 e. The standard InChI is InChI=1S/C26H29NO7/c1-6-16(2)22(27-25(30)34-26(3,4)5)24(29)33-18-12-13-19-20(14-18)31-15-21(23(19)28)32-17-10-8-7-9-11-17/h7-16,22H,6H2,1-5H3,(H,27,30)/t16-,22+/m0/s1. The Morgan fingerprint density at radius 3 is 2.41 bits per heavy atom. The summed E-state index contributed by atoms with van der Waals surface area (Å²) >= 11 is 0. The zero-order chi connectivity index (χ0) is 24.9. The van der Waals surface area contributed by atoms with Crippen molar-refractivity contribution in [3.63, 3.8) is 0 Å². The number of amides is 1. The summed E-state index contributed by atoms with van der Waals surface area (Å²) in [4.78, 5) is 37.9. The number of esters is 1. The first-order valence-electron chi connectivity index (χ1n) is 11.1. The van der Waals surface area contributed by atoms with E-state index in [1.807, 2.05) is 19.9 Å². The number of hydrogen-bond donors (Lipinski definition) is 1. The van der Waals surface area contributed by atoms with Crippen molar-refractivity contribution in [3.8, 4) is 17.2 Å². The number of rotatable bonds is 7. The quantitative estimate of drug-likeness (QED) is 0.365. The lowest BCUT2D eigenvalue weighted by atomic mass is 9.99. The highest BCUT2D eigenvalue weighted by molar-refractivity contribution is 5.85. The van der Waals surface area contributed by atoms with Gasteiger partial charge in [0.25, 0.3) is 0 Å². The first-order chi connectivity index (χ1) is 16.1. The fraction of sp³-hybridized carbons (Fsp3) is 0.346. The molecule has 2 aromatic carbocycles. The second-order valence-corrected chi connectivity index (χ2v) is 8.93. The van der Waals surface area contributed by atoms with E-state index in [-0.39, 0.29) is 33.8 Å². The van der Waals surface area contributed by atoms with Crippen LogP contribution >= 0.6 is 0 Å². The van der Waals surface area contributed by atoms with Gasteiger partial charge in [0, 0.05) is 6.07 Å². The Balaban J connectivity index is 1.78. The van der Waals surface area contributed by atoms with Crippen LogP contribution < -0.4 is 20.2 Å². The summed E-state index contributed by atoms with van der Waals surface area (Å²) in [6.07, 6.45) is 1.15. The van der Waals surface area contributed by atoms with Gasteiger partial charge in [-0.1, -0.05) is 38.5 Å². The van der Waals surface area contributed by atoms with E-state index in [9.17, 15) is 14.4 Å². The molecule has 3 rings (SSSR count). The summed E-state index contributed by atoms with van der Waals surface area (Å²) in [6.45, 7) is 8.95. The number of carbonyl (C=O) groups is 2. The van der Waals surface area contributed by atoms with Crippen molar-refractivity contribution in [1.29, 1.82) is 0 Å². The van der Waals surface area contributed by atoms with Crippen molar-refractivity contribution in [2.24, 2.45) is 5.92 Å². The molecule has 1 aromatic heterocycles. The molecule has 0 bridgehead atoms. The predicted molar refractivity (Wildman–Crippen MR) is 127 cm³/mol. The molecular formula is C26H29NO7. The van der Waals surface area contributed by atoms with E-state index in [2.05, 4.69) is 5.32 Å². The number of alkyl carbamates (subject to hydrolysis) is 1. The van der Waals surface area contributed by atoms with Crippen LogP contribution in [0, 0.1) is 5.92 Å². The van der Waals surface area contributed by atoms with Gasteiger partial charge in [-0.3, -0.25) is 4.79 Å². The second-order valence-electron chi connectivity index (χ2n) is 8.93. The van der Waals surface area contributed by atoms with Gasteiger partial charge in [-0.2, -0.15) is 0 Å². The van der Waals surface area contributed by atoms with E-state index in [0.29, 0.717) is 12.2 Å². The van der Waals surface area contributed by atoms with Gasteiger partial charge in [-0.15, -0.1) is 0 Å². The van der Waals surface area contributed by atoms with Gasteiger partial charge in [0.1, 0.15) is 35.0 Å². The van der Waals surface area contributed by atoms with Gasteiger partial charge in [0.15, 0.2) is 0 Å². The van der Waals surface area contributed by atoms with Gasteiger partial charge in [-0.05, 0) is 51.0 Å². The number of ether oxygens (including phenoxy) is 3. The Labute approximate surface area is 197 Å². The molecule has 180 valence electrons. The second kappa shape index (κ2) is 10.4. The minimum atomic E-state index is -0.913. The molecule has 34 heavy (non-hydrogen) atoms. The Bertz CT molecular complexity index is 1210. The Kier molecular flexibility index (Phi) is 7.61. The van der Waals surface area contributed by atoms with Crippen molar-refractivity contribution in [1.82, 2.24) is 5.32 Å². The molecule has 1 N–H and O–H groups in total. The van der Waals surface area contributed by atoms with Crippen LogP contribution in [-0.4, -0.2) is 23.7 Å². The smallest absolute Gasteiger partial charge is 0.408 e. The topological polar surface area (TPSA) is 104 Å². The van der Waals surface area contributed by atoms with Crippen LogP contribution in [0.1, 0.15) is 41.0 Å².